The number of hydrogen-bond acceptors (Lipinski definition) is 4. The summed E-state index contributed by atoms with van der Waals surface area (Å²) in [6, 6.07) is 14.5. The Bertz CT molecular complexity index is 1530. The van der Waals surface area contributed by atoms with Crippen molar-refractivity contribution in [2.24, 2.45) is 0 Å². The van der Waals surface area contributed by atoms with Crippen molar-refractivity contribution in [3.05, 3.63) is 71.9 Å². The van der Waals surface area contributed by atoms with E-state index in [1.54, 1.807) is 12.1 Å². The summed E-state index contributed by atoms with van der Waals surface area (Å²) in [5.41, 5.74) is 4.26. The van der Waals surface area contributed by atoms with Crippen LogP contribution in [0.4, 0.5) is 4.39 Å². The van der Waals surface area contributed by atoms with Gasteiger partial charge in [-0.25, -0.2) is 14.4 Å². The molecule has 0 aliphatic carbocycles. The van der Waals surface area contributed by atoms with E-state index < -0.39 is 0 Å². The predicted octanol–water partition coefficient (Wildman–Crippen LogP) is 7.24. The van der Waals surface area contributed by atoms with Crippen LogP contribution in [0.1, 0.15) is 70.2 Å². The zero-order chi connectivity index (χ0) is 25.8. The molecule has 3 aromatic heterocycles. The lowest BCUT2D eigenvalue weighted by Crippen LogP contribution is -2.08. The van der Waals surface area contributed by atoms with Crippen LogP contribution >= 0.6 is 0 Å². The highest BCUT2D eigenvalue weighted by Crippen LogP contribution is 2.34. The highest BCUT2D eigenvalue weighted by atomic mass is 19.1. The zero-order valence-corrected chi connectivity index (χ0v) is 21.5. The van der Waals surface area contributed by atoms with Crippen molar-refractivity contribution in [3.8, 4) is 5.75 Å². The van der Waals surface area contributed by atoms with E-state index in [4.69, 9.17) is 14.7 Å². The van der Waals surface area contributed by atoms with Crippen molar-refractivity contribution in [3.63, 3.8) is 0 Å². The van der Waals surface area contributed by atoms with Gasteiger partial charge in [0.1, 0.15) is 22.7 Å². The monoisotopic (exact) mass is 500 g/mol. The van der Waals surface area contributed by atoms with E-state index in [-0.39, 0.29) is 11.8 Å². The maximum atomic E-state index is 13.5. The van der Waals surface area contributed by atoms with E-state index in [2.05, 4.69) is 24.3 Å². The van der Waals surface area contributed by atoms with Gasteiger partial charge in [-0.1, -0.05) is 63.8 Å². The van der Waals surface area contributed by atoms with Crippen LogP contribution < -0.4 is 4.74 Å². The van der Waals surface area contributed by atoms with Crippen molar-refractivity contribution in [1.29, 1.82) is 0 Å². The second-order valence-electron chi connectivity index (χ2n) is 9.62. The molecule has 0 fully saturated rings. The number of carbonyl (C=O) groups is 1. The fourth-order valence-electron chi connectivity index (χ4n) is 4.86. The number of nitrogens with zero attached hydrogens (tertiary/aromatic N) is 4. The van der Waals surface area contributed by atoms with Crippen molar-refractivity contribution < 1.29 is 13.9 Å². The van der Waals surface area contributed by atoms with Gasteiger partial charge in [-0.3, -0.25) is 9.20 Å². The largest absolute Gasteiger partial charge is 0.424 e. The second kappa shape index (κ2) is 11.1. The number of carbonyl (C=O) groups excluding carboxylic acids is 1. The van der Waals surface area contributed by atoms with Crippen LogP contribution in [0.25, 0.3) is 27.7 Å². The number of para-hydroxylation sites is 2. The average Bonchev–Trinajstić information content (AvgIpc) is 3.44. The van der Waals surface area contributed by atoms with Crippen molar-refractivity contribution in [1.82, 2.24) is 18.9 Å². The van der Waals surface area contributed by atoms with Gasteiger partial charge in [0.15, 0.2) is 11.4 Å². The Balaban J connectivity index is 1.68. The van der Waals surface area contributed by atoms with Gasteiger partial charge in [-0.05, 0) is 42.7 Å². The lowest BCUT2D eigenvalue weighted by molar-refractivity contribution is -0.134. The standard InChI is InChI=1S/C30H33FN4O2/c1-3-5-7-13-26-33-29-28(30-32-23-11-9-10-12-24(23)35(26)30)25(37-27(36)14-8-6-4-2)20-34(29)19-21-15-17-22(31)18-16-21/h9-12,15-18,20H,3-8,13-14,19H2,1-2H3. The summed E-state index contributed by atoms with van der Waals surface area (Å²) < 4.78 is 23.6. The molecule has 192 valence electrons. The summed E-state index contributed by atoms with van der Waals surface area (Å²) in [6.45, 7) is 4.77. The average molecular weight is 501 g/mol. The van der Waals surface area contributed by atoms with Crippen LogP contribution in [0.3, 0.4) is 0 Å². The number of imidazole rings is 1. The molecule has 6 nitrogen and oxygen atoms in total. The summed E-state index contributed by atoms with van der Waals surface area (Å²) in [6.07, 6.45) is 9.10. The van der Waals surface area contributed by atoms with Crippen molar-refractivity contribution in [2.75, 3.05) is 0 Å². The Morgan fingerprint density at radius 2 is 1.68 bits per heavy atom. The molecule has 0 saturated carbocycles. The Morgan fingerprint density at radius 3 is 2.46 bits per heavy atom. The summed E-state index contributed by atoms with van der Waals surface area (Å²) in [4.78, 5) is 22.9. The first kappa shape index (κ1) is 24.9. The minimum atomic E-state index is -0.273. The summed E-state index contributed by atoms with van der Waals surface area (Å²) in [5, 5.41) is 0.724. The van der Waals surface area contributed by atoms with E-state index >= 15 is 0 Å². The normalized spacial score (nSPS) is 11.6. The van der Waals surface area contributed by atoms with Crippen molar-refractivity contribution in [2.45, 2.75) is 71.8 Å². The molecule has 37 heavy (non-hydrogen) atoms. The molecule has 0 bridgehead atoms. The first-order chi connectivity index (χ1) is 18.1. The van der Waals surface area contributed by atoms with Gasteiger partial charge in [0.25, 0.3) is 0 Å². The van der Waals surface area contributed by atoms with Crippen LogP contribution in [0.2, 0.25) is 0 Å². The van der Waals surface area contributed by atoms with E-state index in [0.717, 1.165) is 84.0 Å². The van der Waals surface area contributed by atoms with Gasteiger partial charge in [0, 0.05) is 25.6 Å². The molecular formula is C30H33FN4O2. The third-order valence-electron chi connectivity index (χ3n) is 6.77. The molecule has 0 saturated heterocycles. The Kier molecular flexibility index (Phi) is 7.49. The van der Waals surface area contributed by atoms with Gasteiger partial charge in [-0.2, -0.15) is 0 Å². The third-order valence-corrected chi connectivity index (χ3v) is 6.77. The lowest BCUT2D eigenvalue weighted by Gasteiger charge is -2.10. The van der Waals surface area contributed by atoms with Gasteiger partial charge < -0.3 is 9.30 Å². The summed E-state index contributed by atoms with van der Waals surface area (Å²) in [5.74, 6) is 0.871. The first-order valence-corrected chi connectivity index (χ1v) is 13.3. The molecule has 0 aliphatic heterocycles. The summed E-state index contributed by atoms with van der Waals surface area (Å²) >= 11 is 0. The molecule has 5 rings (SSSR count). The Morgan fingerprint density at radius 1 is 0.919 bits per heavy atom. The van der Waals surface area contributed by atoms with Crippen LogP contribution in [0.5, 0.6) is 5.75 Å². The van der Waals surface area contributed by atoms with Gasteiger partial charge in [0.05, 0.1) is 11.0 Å². The molecule has 0 radical (unpaired) electrons. The third kappa shape index (κ3) is 5.22. The quantitative estimate of drug-likeness (QED) is 0.142. The Labute approximate surface area is 216 Å². The highest BCUT2D eigenvalue weighted by Gasteiger charge is 2.22. The van der Waals surface area contributed by atoms with E-state index in [1.165, 1.54) is 12.1 Å². The number of rotatable bonds is 11. The first-order valence-electron chi connectivity index (χ1n) is 13.3. The molecule has 0 amide bonds. The molecule has 7 heteroatoms. The van der Waals surface area contributed by atoms with Gasteiger partial charge in [-0.15, -0.1) is 0 Å². The Hall–Kier alpha value is -3.74. The number of aryl methyl sites for hydroxylation is 1. The minimum absolute atomic E-state index is 0.254. The molecule has 3 heterocycles. The smallest absolute Gasteiger partial charge is 0.311 e. The number of hydrogen-bond donors (Lipinski definition) is 0. The summed E-state index contributed by atoms with van der Waals surface area (Å²) in [7, 11) is 0. The topological polar surface area (TPSA) is 61.4 Å². The molecule has 2 aromatic carbocycles. The number of halogens is 1. The van der Waals surface area contributed by atoms with Gasteiger partial charge >= 0.3 is 5.97 Å². The number of esters is 1. The minimum Gasteiger partial charge on any atom is -0.424 e. The fraction of sp³-hybridized carbons (Fsp3) is 0.367. The second-order valence-corrected chi connectivity index (χ2v) is 9.62. The van der Waals surface area contributed by atoms with Gasteiger partial charge in [0.2, 0.25) is 0 Å². The van der Waals surface area contributed by atoms with E-state index in [9.17, 15) is 9.18 Å². The highest BCUT2D eigenvalue weighted by molar-refractivity contribution is 6.01. The SMILES string of the molecule is CCCCCC(=O)Oc1cn(Cc2ccc(F)cc2)c2nc(CCCCC)n3c4ccccc4nc3c12. The molecule has 0 N–H and O–H groups in total. The van der Waals surface area contributed by atoms with Crippen LogP contribution in [0, 0.1) is 5.82 Å². The molecule has 0 aliphatic rings. The number of ether oxygens (including phenoxy) is 1. The van der Waals surface area contributed by atoms with E-state index in [1.807, 2.05) is 29.0 Å². The van der Waals surface area contributed by atoms with Crippen LogP contribution in [0.15, 0.2) is 54.7 Å². The number of benzene rings is 2. The van der Waals surface area contributed by atoms with Crippen LogP contribution in [-0.4, -0.2) is 24.9 Å². The zero-order valence-electron chi connectivity index (χ0n) is 21.5. The molecule has 5 aromatic rings. The molecular weight excluding hydrogens is 467 g/mol. The maximum absolute atomic E-state index is 13.5. The fourth-order valence-corrected chi connectivity index (χ4v) is 4.86. The predicted molar refractivity (Wildman–Crippen MR) is 144 cm³/mol. The number of unbranched alkanes of at least 4 members (excludes halogenated alkanes) is 4. The molecule has 0 atom stereocenters. The number of fused-ring (bicyclic) bond motifs is 5. The van der Waals surface area contributed by atoms with E-state index in [0.29, 0.717) is 18.7 Å². The molecule has 0 spiro atoms. The maximum Gasteiger partial charge on any atom is 0.311 e. The lowest BCUT2D eigenvalue weighted by atomic mass is 10.2. The van der Waals surface area contributed by atoms with Crippen LogP contribution in [-0.2, 0) is 17.8 Å². The molecule has 0 unspecified atom stereocenters. The van der Waals surface area contributed by atoms with Crippen molar-refractivity contribution >= 4 is 33.7 Å². The number of aromatic nitrogens is 4.